The van der Waals surface area contributed by atoms with E-state index in [9.17, 15) is 19.8 Å². The summed E-state index contributed by atoms with van der Waals surface area (Å²) in [5.41, 5.74) is 1.04. The number of rotatable bonds is 7. The number of carbonyl (C=O) groups is 2. The van der Waals surface area contributed by atoms with Crippen LogP contribution in [0.25, 0.3) is 0 Å². The lowest BCUT2D eigenvalue weighted by atomic mass is 9.99. The van der Waals surface area contributed by atoms with Gasteiger partial charge in [0.15, 0.2) is 0 Å². The van der Waals surface area contributed by atoms with Crippen LogP contribution in [-0.4, -0.2) is 59.2 Å². The number of aliphatic hydroxyl groups is 2. The summed E-state index contributed by atoms with van der Waals surface area (Å²) in [5.74, 6) is -1.11. The second-order valence-electron chi connectivity index (χ2n) is 9.26. The number of aliphatic carboxylic acids is 1. The number of hydrogen-bond acceptors (Lipinski definition) is 6. The van der Waals surface area contributed by atoms with E-state index in [1.807, 2.05) is 62.1 Å². The zero-order valence-electron chi connectivity index (χ0n) is 18.7. The first-order chi connectivity index (χ1) is 14.3. The number of aliphatic hydroxyl groups excluding tert-OH is 2. The molecule has 6 nitrogen and oxygen atoms in total. The van der Waals surface area contributed by atoms with Crippen molar-refractivity contribution in [3.8, 4) is 0 Å². The maximum Gasteiger partial charge on any atom is 0.305 e. The van der Waals surface area contributed by atoms with Crippen molar-refractivity contribution < 1.29 is 24.9 Å². The van der Waals surface area contributed by atoms with Gasteiger partial charge in [0.25, 0.3) is 5.24 Å². The minimum Gasteiger partial charge on any atom is -0.481 e. The molecule has 3 N–H and O–H groups in total. The fraction of sp³-hybridized carbons (Fsp3) is 0.565. The molecular weight excluding hydrogens is 434 g/mol. The number of hydrogen-bond donors (Lipinski definition) is 3. The second kappa shape index (κ2) is 10.4. The molecule has 172 valence electrons. The van der Waals surface area contributed by atoms with Gasteiger partial charge in [-0.3, -0.25) is 9.59 Å². The summed E-state index contributed by atoms with van der Waals surface area (Å²) in [6.45, 7) is 10.1. The van der Waals surface area contributed by atoms with E-state index >= 15 is 0 Å². The van der Waals surface area contributed by atoms with E-state index in [1.165, 1.54) is 11.8 Å². The van der Waals surface area contributed by atoms with Gasteiger partial charge in [-0.2, -0.15) is 0 Å². The first-order valence-electron chi connectivity index (χ1n) is 10.3. The van der Waals surface area contributed by atoms with Crippen molar-refractivity contribution in [1.29, 1.82) is 0 Å². The zero-order chi connectivity index (χ0) is 23.4. The maximum absolute atomic E-state index is 13.4. The number of thioether (sulfide) groups is 2. The standard InChI is InChI=1S/C23H33NO5S2/c1-22(2,3)31-21(29)24-18(12-11-16(25)13-17(26)14-19(27)28)23(4,5)30-20(24)15-9-7-6-8-10-15/h6-12,16-18,20,25-26H,13-14H2,1-5H3,(H,27,28)/b12-11+/t16-,17-,18+,20?/m1/s1. The molecule has 1 saturated heterocycles. The third-order valence-corrected chi connectivity index (χ3v) is 7.38. The molecule has 0 aromatic heterocycles. The van der Waals surface area contributed by atoms with Gasteiger partial charge in [-0.25, -0.2) is 0 Å². The van der Waals surface area contributed by atoms with Gasteiger partial charge >= 0.3 is 5.97 Å². The van der Waals surface area contributed by atoms with Gasteiger partial charge in [0.2, 0.25) is 0 Å². The van der Waals surface area contributed by atoms with Crippen LogP contribution in [0.3, 0.4) is 0 Å². The van der Waals surface area contributed by atoms with Crippen molar-refractivity contribution in [2.75, 3.05) is 0 Å². The number of carbonyl (C=O) groups excluding carboxylic acids is 1. The van der Waals surface area contributed by atoms with Crippen LogP contribution in [0.1, 0.15) is 58.4 Å². The smallest absolute Gasteiger partial charge is 0.305 e. The molecule has 1 aliphatic heterocycles. The predicted octanol–water partition coefficient (Wildman–Crippen LogP) is 4.68. The lowest BCUT2D eigenvalue weighted by Gasteiger charge is -2.32. The summed E-state index contributed by atoms with van der Waals surface area (Å²) >= 11 is 2.98. The molecule has 2 rings (SSSR count). The van der Waals surface area contributed by atoms with Gasteiger partial charge in [-0.05, 0) is 19.4 Å². The molecule has 4 atom stereocenters. The summed E-state index contributed by atoms with van der Waals surface area (Å²) in [7, 11) is 0. The van der Waals surface area contributed by atoms with E-state index in [0.29, 0.717) is 0 Å². The molecule has 31 heavy (non-hydrogen) atoms. The van der Waals surface area contributed by atoms with Gasteiger partial charge in [-0.15, -0.1) is 11.8 Å². The fourth-order valence-corrected chi connectivity index (χ4v) is 5.92. The van der Waals surface area contributed by atoms with Crippen molar-refractivity contribution in [2.24, 2.45) is 0 Å². The monoisotopic (exact) mass is 467 g/mol. The molecule has 1 fully saturated rings. The molecule has 1 unspecified atom stereocenters. The van der Waals surface area contributed by atoms with Gasteiger partial charge in [0.1, 0.15) is 5.37 Å². The van der Waals surface area contributed by atoms with Crippen molar-refractivity contribution in [3.05, 3.63) is 48.0 Å². The van der Waals surface area contributed by atoms with Crippen LogP contribution >= 0.6 is 23.5 Å². The molecule has 1 aliphatic rings. The zero-order valence-corrected chi connectivity index (χ0v) is 20.3. The van der Waals surface area contributed by atoms with Crippen LogP contribution in [0.4, 0.5) is 4.79 Å². The summed E-state index contributed by atoms with van der Waals surface area (Å²) < 4.78 is -0.561. The average Bonchev–Trinajstić information content (AvgIpc) is 2.89. The molecule has 8 heteroatoms. The number of amides is 1. The second-order valence-corrected chi connectivity index (χ2v) is 12.8. The molecule has 0 saturated carbocycles. The highest BCUT2D eigenvalue weighted by atomic mass is 32.2. The highest BCUT2D eigenvalue weighted by molar-refractivity contribution is 8.14. The van der Waals surface area contributed by atoms with E-state index in [0.717, 1.165) is 5.56 Å². The minimum atomic E-state index is -1.13. The Bertz CT molecular complexity index is 791. The van der Waals surface area contributed by atoms with Crippen LogP contribution in [0, 0.1) is 0 Å². The Kier molecular flexibility index (Phi) is 8.67. The molecule has 0 bridgehead atoms. The maximum atomic E-state index is 13.4. The van der Waals surface area contributed by atoms with Crippen molar-refractivity contribution in [3.63, 3.8) is 0 Å². The molecule has 1 aromatic carbocycles. The first kappa shape index (κ1) is 25.8. The largest absolute Gasteiger partial charge is 0.481 e. The quantitative estimate of drug-likeness (QED) is 0.501. The summed E-state index contributed by atoms with van der Waals surface area (Å²) in [4.78, 5) is 26.0. The summed E-state index contributed by atoms with van der Waals surface area (Å²) in [6, 6.07) is 9.60. The highest BCUT2D eigenvalue weighted by Gasteiger charge is 2.49. The van der Waals surface area contributed by atoms with Crippen molar-refractivity contribution >= 4 is 34.7 Å². The van der Waals surface area contributed by atoms with Gasteiger partial charge in [-0.1, -0.05) is 75.0 Å². The van der Waals surface area contributed by atoms with Gasteiger partial charge in [0.05, 0.1) is 24.7 Å². The molecule has 1 amide bonds. The van der Waals surface area contributed by atoms with E-state index in [4.69, 9.17) is 5.11 Å². The molecular formula is C23H33NO5S2. The van der Waals surface area contributed by atoms with Crippen molar-refractivity contribution in [1.82, 2.24) is 4.90 Å². The molecule has 0 spiro atoms. The molecule has 0 aliphatic carbocycles. The third kappa shape index (κ3) is 7.56. The Morgan fingerprint density at radius 3 is 2.39 bits per heavy atom. The summed E-state index contributed by atoms with van der Waals surface area (Å²) in [5, 5.41) is 28.7. The number of nitrogens with zero attached hydrogens (tertiary/aromatic N) is 1. The van der Waals surface area contributed by atoms with E-state index in [1.54, 1.807) is 17.8 Å². The Hall–Kier alpha value is -1.48. The highest BCUT2D eigenvalue weighted by Crippen LogP contribution is 2.54. The lowest BCUT2D eigenvalue weighted by Crippen LogP contribution is -2.42. The van der Waals surface area contributed by atoms with Crippen LogP contribution in [-0.2, 0) is 4.79 Å². The van der Waals surface area contributed by atoms with Crippen LogP contribution in [0.2, 0.25) is 0 Å². The van der Waals surface area contributed by atoms with Gasteiger partial charge in [0, 0.05) is 15.9 Å². The Morgan fingerprint density at radius 1 is 1.23 bits per heavy atom. The Morgan fingerprint density at radius 2 is 1.84 bits per heavy atom. The van der Waals surface area contributed by atoms with Crippen LogP contribution in [0.5, 0.6) is 0 Å². The third-order valence-electron chi connectivity index (χ3n) is 4.81. The number of carboxylic acid groups (broad SMARTS) is 1. The molecule has 0 radical (unpaired) electrons. The van der Waals surface area contributed by atoms with E-state index in [2.05, 4.69) is 13.8 Å². The molecule has 1 heterocycles. The minimum absolute atomic E-state index is 0.0329. The SMILES string of the molecule is CC(C)(C)SC(=O)N1C(c2ccccc2)SC(C)(C)[C@@H]1/C=C/[C@@H](O)C[C@@H](O)CC(=O)O. The van der Waals surface area contributed by atoms with Gasteiger partial charge < -0.3 is 20.2 Å². The lowest BCUT2D eigenvalue weighted by molar-refractivity contribution is -0.139. The van der Waals surface area contributed by atoms with Crippen LogP contribution < -0.4 is 0 Å². The topological polar surface area (TPSA) is 98.1 Å². The number of benzene rings is 1. The van der Waals surface area contributed by atoms with E-state index in [-0.39, 0.29) is 32.6 Å². The van der Waals surface area contributed by atoms with Crippen LogP contribution in [0.15, 0.2) is 42.5 Å². The summed E-state index contributed by atoms with van der Waals surface area (Å²) in [6.07, 6.45) is 0.754. The fourth-order valence-electron chi connectivity index (χ4n) is 3.47. The Labute approximate surface area is 193 Å². The van der Waals surface area contributed by atoms with E-state index < -0.39 is 24.6 Å². The predicted molar refractivity (Wildman–Crippen MR) is 127 cm³/mol. The average molecular weight is 468 g/mol. The number of carboxylic acids is 1. The first-order valence-corrected chi connectivity index (χ1v) is 12.0. The van der Waals surface area contributed by atoms with Crippen molar-refractivity contribution in [2.45, 2.75) is 80.6 Å². The Balaban J connectivity index is 2.30. The molecule has 1 aromatic rings. The normalized spacial score (nSPS) is 23.1.